The fraction of sp³-hybridized carbons (Fsp3) is 0.200. The van der Waals surface area contributed by atoms with Gasteiger partial charge in [0.25, 0.3) is 11.8 Å². The maximum atomic E-state index is 13.8. The molecule has 0 saturated heterocycles. The van der Waals surface area contributed by atoms with Gasteiger partial charge in [-0.2, -0.15) is 0 Å². The highest BCUT2D eigenvalue weighted by atomic mass is 19.1. The Balaban J connectivity index is 1.85. The fourth-order valence-corrected chi connectivity index (χ4v) is 4.66. The first-order chi connectivity index (χ1) is 19.2. The SMILES string of the molecule is COc1cc(C2C(C(=O)Nc3ccc(F)cc3)=C(C)NC(C)=C2C(=O)Nc2ccc(F)cc2)cc(OC)c1OC. The molecule has 8 nitrogen and oxygen atoms in total. The Morgan fingerprint density at radius 2 is 1.10 bits per heavy atom. The average molecular weight is 550 g/mol. The predicted octanol–water partition coefficient (Wildman–Crippen LogP) is 5.50. The first kappa shape index (κ1) is 28.2. The van der Waals surface area contributed by atoms with Crippen molar-refractivity contribution in [1.29, 1.82) is 0 Å². The van der Waals surface area contributed by atoms with Gasteiger partial charge in [-0.1, -0.05) is 0 Å². The van der Waals surface area contributed by atoms with Crippen molar-refractivity contribution in [2.45, 2.75) is 19.8 Å². The van der Waals surface area contributed by atoms with Crippen molar-refractivity contribution in [2.24, 2.45) is 0 Å². The maximum Gasteiger partial charge on any atom is 0.254 e. The summed E-state index contributed by atoms with van der Waals surface area (Å²) >= 11 is 0. The fourth-order valence-electron chi connectivity index (χ4n) is 4.66. The molecule has 1 aliphatic rings. The van der Waals surface area contributed by atoms with Crippen molar-refractivity contribution in [3.8, 4) is 17.2 Å². The van der Waals surface area contributed by atoms with Crippen LogP contribution in [0.5, 0.6) is 17.2 Å². The van der Waals surface area contributed by atoms with Crippen LogP contribution in [-0.2, 0) is 9.59 Å². The molecule has 0 unspecified atom stereocenters. The summed E-state index contributed by atoms with van der Waals surface area (Å²) in [7, 11) is 4.41. The van der Waals surface area contributed by atoms with Crippen molar-refractivity contribution < 1.29 is 32.6 Å². The number of rotatable bonds is 8. The lowest BCUT2D eigenvalue weighted by Gasteiger charge is -2.32. The number of methoxy groups -OCH3 is 3. The van der Waals surface area contributed by atoms with Crippen LogP contribution in [-0.4, -0.2) is 33.1 Å². The first-order valence-corrected chi connectivity index (χ1v) is 12.3. The minimum atomic E-state index is -0.893. The highest BCUT2D eigenvalue weighted by Crippen LogP contribution is 2.45. The quantitative estimate of drug-likeness (QED) is 0.343. The lowest BCUT2D eigenvalue weighted by molar-refractivity contribution is -0.113. The Kier molecular flexibility index (Phi) is 8.37. The van der Waals surface area contributed by atoms with Crippen LogP contribution in [0.25, 0.3) is 0 Å². The molecule has 0 radical (unpaired) electrons. The van der Waals surface area contributed by atoms with E-state index in [4.69, 9.17) is 14.2 Å². The van der Waals surface area contributed by atoms with E-state index in [1.807, 2.05) is 0 Å². The number of hydrogen-bond donors (Lipinski definition) is 3. The molecule has 3 aromatic rings. The van der Waals surface area contributed by atoms with Crippen LogP contribution in [0.2, 0.25) is 0 Å². The number of halogens is 2. The molecule has 0 aromatic heterocycles. The second-order valence-electron chi connectivity index (χ2n) is 9.02. The van der Waals surface area contributed by atoms with Crippen molar-refractivity contribution >= 4 is 23.2 Å². The van der Waals surface area contributed by atoms with E-state index in [1.165, 1.54) is 69.9 Å². The minimum absolute atomic E-state index is 0.244. The molecule has 0 aliphatic carbocycles. The molecular weight excluding hydrogens is 520 g/mol. The van der Waals surface area contributed by atoms with Crippen molar-refractivity contribution in [3.63, 3.8) is 0 Å². The van der Waals surface area contributed by atoms with Crippen LogP contribution in [0.3, 0.4) is 0 Å². The van der Waals surface area contributed by atoms with E-state index in [-0.39, 0.29) is 11.1 Å². The van der Waals surface area contributed by atoms with Gasteiger partial charge in [0.05, 0.1) is 21.3 Å². The smallest absolute Gasteiger partial charge is 0.254 e. The molecule has 0 saturated carbocycles. The molecule has 3 N–H and O–H groups in total. The van der Waals surface area contributed by atoms with Crippen LogP contribution < -0.4 is 30.2 Å². The van der Waals surface area contributed by atoms with Gasteiger partial charge in [0.1, 0.15) is 11.6 Å². The van der Waals surface area contributed by atoms with Crippen molar-refractivity contribution in [2.75, 3.05) is 32.0 Å². The molecule has 0 atom stereocenters. The first-order valence-electron chi connectivity index (χ1n) is 12.3. The van der Waals surface area contributed by atoms with Crippen LogP contribution in [0.1, 0.15) is 25.3 Å². The van der Waals surface area contributed by atoms with E-state index in [9.17, 15) is 18.4 Å². The van der Waals surface area contributed by atoms with E-state index in [0.29, 0.717) is 45.6 Å². The van der Waals surface area contributed by atoms with E-state index in [1.54, 1.807) is 26.0 Å². The number of allylic oxidation sites excluding steroid dienone is 2. The third-order valence-corrected chi connectivity index (χ3v) is 6.47. The largest absolute Gasteiger partial charge is 0.493 e. The summed E-state index contributed by atoms with van der Waals surface area (Å²) in [5, 5.41) is 8.73. The molecule has 4 rings (SSSR count). The predicted molar refractivity (Wildman–Crippen MR) is 147 cm³/mol. The third-order valence-electron chi connectivity index (χ3n) is 6.47. The van der Waals surface area contributed by atoms with Crippen LogP contribution >= 0.6 is 0 Å². The highest BCUT2D eigenvalue weighted by molar-refractivity contribution is 6.12. The van der Waals surface area contributed by atoms with Crippen molar-refractivity contribution in [3.05, 3.63) is 100 Å². The second-order valence-corrected chi connectivity index (χ2v) is 9.02. The Morgan fingerprint density at radius 3 is 1.45 bits per heavy atom. The van der Waals surface area contributed by atoms with Crippen LogP contribution in [0.15, 0.2) is 83.2 Å². The zero-order valence-corrected chi connectivity index (χ0v) is 22.6. The number of dihydropyridines is 1. The average Bonchev–Trinajstić information content (AvgIpc) is 2.94. The molecule has 40 heavy (non-hydrogen) atoms. The number of ether oxygens (including phenoxy) is 3. The number of nitrogens with one attached hydrogen (secondary N) is 3. The van der Waals surface area contributed by atoms with Crippen molar-refractivity contribution in [1.82, 2.24) is 5.32 Å². The molecule has 0 spiro atoms. The van der Waals surface area contributed by atoms with Gasteiger partial charge in [-0.15, -0.1) is 0 Å². The standard InChI is InChI=1S/C30H29F2N3O5/c1-16-25(29(36)34-21-10-6-19(31)7-11-21)27(18-14-23(38-3)28(40-5)24(15-18)39-4)26(17(2)33-16)30(37)35-22-12-8-20(32)9-13-22/h6-15,27,33H,1-5H3,(H,34,36)(H,35,37). The van der Waals surface area contributed by atoms with Crippen LogP contribution in [0.4, 0.5) is 20.2 Å². The molecule has 0 bridgehead atoms. The lowest BCUT2D eigenvalue weighted by Crippen LogP contribution is -2.35. The summed E-state index contributed by atoms with van der Waals surface area (Å²) in [6, 6.07) is 14.1. The Morgan fingerprint density at radius 1 is 0.700 bits per heavy atom. The number of anilines is 2. The molecule has 0 fully saturated rings. The summed E-state index contributed by atoms with van der Waals surface area (Å²) in [5.41, 5.74) is 2.77. The molecule has 1 heterocycles. The molecule has 10 heteroatoms. The summed E-state index contributed by atoms with van der Waals surface area (Å²) < 4.78 is 43.5. The van der Waals surface area contributed by atoms with Gasteiger partial charge in [0, 0.05) is 39.8 Å². The topological polar surface area (TPSA) is 97.9 Å². The van der Waals surface area contributed by atoms with Crippen LogP contribution in [0, 0.1) is 11.6 Å². The number of carbonyl (C=O) groups excluding carboxylic acids is 2. The third kappa shape index (κ3) is 5.75. The lowest BCUT2D eigenvalue weighted by atomic mass is 9.79. The van der Waals surface area contributed by atoms with E-state index in [0.717, 1.165) is 0 Å². The van der Waals surface area contributed by atoms with Gasteiger partial charge in [0.15, 0.2) is 11.5 Å². The van der Waals surface area contributed by atoms with E-state index in [2.05, 4.69) is 16.0 Å². The van der Waals surface area contributed by atoms with E-state index < -0.39 is 29.4 Å². The summed E-state index contributed by atoms with van der Waals surface area (Å²) in [6.07, 6.45) is 0. The molecule has 2 amide bonds. The summed E-state index contributed by atoms with van der Waals surface area (Å²) in [6.45, 7) is 3.45. The Labute approximate surface area is 230 Å². The highest BCUT2D eigenvalue weighted by Gasteiger charge is 2.37. The van der Waals surface area contributed by atoms with Gasteiger partial charge < -0.3 is 30.2 Å². The molecule has 3 aromatic carbocycles. The van der Waals surface area contributed by atoms with Gasteiger partial charge in [0.2, 0.25) is 5.75 Å². The zero-order valence-electron chi connectivity index (χ0n) is 22.6. The normalized spacial score (nSPS) is 13.5. The summed E-state index contributed by atoms with van der Waals surface area (Å²) in [5.74, 6) is -1.77. The molecule has 208 valence electrons. The molecule has 1 aliphatic heterocycles. The maximum absolute atomic E-state index is 13.8. The monoisotopic (exact) mass is 549 g/mol. The number of benzene rings is 3. The van der Waals surface area contributed by atoms with Gasteiger partial charge in [-0.25, -0.2) is 8.78 Å². The van der Waals surface area contributed by atoms with Gasteiger partial charge >= 0.3 is 0 Å². The number of hydrogen-bond acceptors (Lipinski definition) is 6. The minimum Gasteiger partial charge on any atom is -0.493 e. The summed E-state index contributed by atoms with van der Waals surface area (Å²) in [4.78, 5) is 27.5. The Hall–Kier alpha value is -4.86. The Bertz CT molecular complexity index is 1390. The zero-order chi connectivity index (χ0) is 29.0. The number of carbonyl (C=O) groups is 2. The second kappa shape index (κ2) is 11.9. The number of amides is 2. The van der Waals surface area contributed by atoms with Gasteiger partial charge in [-0.05, 0) is 80.1 Å². The molecular formula is C30H29F2N3O5. The van der Waals surface area contributed by atoms with E-state index >= 15 is 0 Å². The van der Waals surface area contributed by atoms with Gasteiger partial charge in [-0.3, -0.25) is 9.59 Å².